The molecule has 0 fully saturated rings. The first-order chi connectivity index (χ1) is 37.5. The van der Waals surface area contributed by atoms with Gasteiger partial charge in [0.15, 0.2) is 18.2 Å². The van der Waals surface area contributed by atoms with Crippen molar-refractivity contribution in [2.75, 3.05) is 0 Å². The molecule has 0 amide bonds. The Morgan fingerprint density at radius 2 is 0.598 bits per heavy atom. The number of carbonyl (C=O) groups excluding carboxylic acids is 2. The molecule has 0 aliphatic carbocycles. The Labute approximate surface area is 445 Å². The lowest BCUT2D eigenvalue weighted by Crippen LogP contribution is -2.75. The first-order valence-electron chi connectivity index (χ1n) is 22.7. The van der Waals surface area contributed by atoms with E-state index in [0.29, 0.717) is 11.1 Å². The minimum Gasteiger partial charge on any atom is -0.289 e. The minimum absolute atomic E-state index is 0.0358. The van der Waals surface area contributed by atoms with Crippen molar-refractivity contribution in [2.24, 2.45) is 0 Å². The average Bonchev–Trinajstić information content (AvgIpc) is 1.80. The van der Waals surface area contributed by atoms with E-state index >= 15 is 0 Å². The van der Waals surface area contributed by atoms with Gasteiger partial charge in [0, 0.05) is 23.3 Å². The zero-order chi connectivity index (χ0) is 61.4. The molecule has 0 atom stereocenters. The van der Waals surface area contributed by atoms with E-state index < -0.39 is 195 Å². The molecule has 28 heteroatoms. The van der Waals surface area contributed by atoms with E-state index in [2.05, 4.69) is 0 Å². The number of nitrogens with zero attached hydrogens (tertiary/aromatic N) is 1. The van der Waals surface area contributed by atoms with Gasteiger partial charge in [-0.3, -0.25) is 9.59 Å². The highest BCUT2D eigenvalue weighted by Gasteiger charge is 2.47. The zero-order valence-electron chi connectivity index (χ0n) is 40.3. The Morgan fingerprint density at radius 3 is 0.854 bits per heavy atom. The summed E-state index contributed by atoms with van der Waals surface area (Å²) in [7, 11) is 0. The van der Waals surface area contributed by atoms with E-state index in [1.54, 1.807) is 53.4 Å². The van der Waals surface area contributed by atoms with Crippen LogP contribution in [0.1, 0.15) is 70.8 Å². The molecule has 1 aromatic heterocycles. The van der Waals surface area contributed by atoms with Crippen LogP contribution in [0.5, 0.6) is 0 Å². The second kappa shape index (κ2) is 22.7. The third-order valence-electron chi connectivity index (χ3n) is 12.3. The van der Waals surface area contributed by atoms with Crippen LogP contribution < -0.4 is 26.4 Å². The van der Waals surface area contributed by atoms with Crippen LogP contribution in [0.15, 0.2) is 164 Å². The molecule has 0 bridgehead atoms. The quantitative estimate of drug-likeness (QED) is 0.0450. The van der Waals surface area contributed by atoms with Gasteiger partial charge in [-0.2, -0.15) is 132 Å². The van der Waals surface area contributed by atoms with Crippen molar-refractivity contribution in [3.63, 3.8) is 0 Å². The van der Waals surface area contributed by atoms with Gasteiger partial charge < -0.3 is 0 Å². The molecule has 434 valence electrons. The second-order valence-corrected chi connectivity index (χ2v) is 17.9. The number of aromatic nitrogens is 1. The Balaban J connectivity index is 0.000000357. The molecule has 0 saturated heterocycles. The molecule has 0 saturated carbocycles. The fourth-order valence-electron chi connectivity index (χ4n) is 8.51. The Bertz CT molecular complexity index is 3020. The third kappa shape index (κ3) is 15.1. The molecular weight excluding hydrogens is 1160 g/mol. The van der Waals surface area contributed by atoms with Crippen molar-refractivity contribution in [3.8, 4) is 0 Å². The van der Waals surface area contributed by atoms with Crippen molar-refractivity contribution in [2.45, 2.75) is 56.0 Å². The van der Waals surface area contributed by atoms with E-state index in [4.69, 9.17) is 0 Å². The second-order valence-electron chi connectivity index (χ2n) is 17.9. The summed E-state index contributed by atoms with van der Waals surface area (Å²) < 4.78 is 343. The summed E-state index contributed by atoms with van der Waals surface area (Å²) in [6.45, 7) is 0.248. The number of ketones is 2. The van der Waals surface area contributed by atoms with Gasteiger partial charge in [-0.1, -0.05) is 115 Å². The van der Waals surface area contributed by atoms with E-state index in [0.717, 1.165) is 5.56 Å². The van der Waals surface area contributed by atoms with Gasteiger partial charge in [-0.05, 0) is 35.9 Å². The van der Waals surface area contributed by atoms with Gasteiger partial charge in [-0.25, -0.2) is 0 Å². The number of alkyl halides is 24. The lowest BCUT2D eigenvalue weighted by atomic mass is 9.12. The number of allylic oxidation sites excluding steroid dienone is 1. The highest BCUT2D eigenvalue weighted by molar-refractivity contribution is 7.20. The molecule has 7 rings (SSSR count). The number of hydrogen-bond acceptors (Lipinski definition) is 2. The molecule has 0 aliphatic rings. The van der Waals surface area contributed by atoms with Crippen molar-refractivity contribution in [1.82, 2.24) is 0 Å². The smallest absolute Gasteiger partial charge is 0.289 e. The van der Waals surface area contributed by atoms with Crippen LogP contribution in [0.25, 0.3) is 6.08 Å². The van der Waals surface area contributed by atoms with Gasteiger partial charge >= 0.3 is 49.4 Å². The van der Waals surface area contributed by atoms with Crippen LogP contribution in [-0.2, 0) is 56.0 Å². The van der Waals surface area contributed by atoms with Crippen molar-refractivity contribution >= 4 is 45.6 Å². The van der Waals surface area contributed by atoms with Crippen LogP contribution in [0.3, 0.4) is 0 Å². The standard InChI is InChI=1S/C32H12BF24.C22H18NO2/c34-25(35,36)13-1-14(26(37,38)39)6-21(5-13)33(22-7-15(27(40,41)42)2-16(8-22)28(43,44)45,23-9-17(29(46,47)48)3-18(10-23)30(49,50)51)24-11-19(31(52,53)54)4-20(12-24)32(55,56)57;24-21(12-11-18-7-3-1-4-8-18)20-13-15-23(16-14-20)17-22(25)19-9-5-2-6-10-19/h1-12H;1-16H,17H2/q-1;+1. The van der Waals surface area contributed by atoms with Gasteiger partial charge in [-0.15, -0.1) is 0 Å². The summed E-state index contributed by atoms with van der Waals surface area (Å²) in [5.74, 6) is -0.0287. The molecule has 0 aliphatic heterocycles. The van der Waals surface area contributed by atoms with Crippen molar-refractivity contribution in [1.29, 1.82) is 0 Å². The molecule has 0 radical (unpaired) electrons. The van der Waals surface area contributed by atoms with Crippen molar-refractivity contribution < 1.29 is 120 Å². The lowest BCUT2D eigenvalue weighted by Gasteiger charge is -2.46. The van der Waals surface area contributed by atoms with Gasteiger partial charge in [0.2, 0.25) is 12.3 Å². The van der Waals surface area contributed by atoms with E-state index in [9.17, 15) is 115 Å². The average molecular weight is 1190 g/mol. The van der Waals surface area contributed by atoms with Crippen LogP contribution in [0, 0.1) is 0 Å². The predicted octanol–water partition coefficient (Wildman–Crippen LogP) is 15.0. The van der Waals surface area contributed by atoms with E-state index in [-0.39, 0.29) is 18.1 Å². The molecule has 0 N–H and O–H groups in total. The normalized spacial score (nSPS) is 13.2. The monoisotopic (exact) mass is 1190 g/mol. The van der Waals surface area contributed by atoms with Crippen LogP contribution in [0.2, 0.25) is 0 Å². The number of carbonyl (C=O) groups is 2. The van der Waals surface area contributed by atoms with Gasteiger partial charge in [0.25, 0.3) is 0 Å². The number of Topliss-reactive ketones (excluding diaryl/α,β-unsaturated/α-hetero) is 1. The number of pyridine rings is 1. The molecule has 1 heterocycles. The highest BCUT2D eigenvalue weighted by Crippen LogP contribution is 2.41. The maximum atomic E-state index is 14.2. The fraction of sp³-hybridized carbons (Fsp3) is 0.167. The lowest BCUT2D eigenvalue weighted by molar-refractivity contribution is -0.683. The van der Waals surface area contributed by atoms with Crippen LogP contribution in [0.4, 0.5) is 105 Å². The topological polar surface area (TPSA) is 38.0 Å². The largest absolute Gasteiger partial charge is 0.416 e. The predicted molar refractivity (Wildman–Crippen MR) is 247 cm³/mol. The SMILES string of the molecule is FC(F)(F)c1cc([B-](c2cc(C(F)(F)F)cc(C(F)(F)F)c2)(c2cc(C(F)(F)F)cc(C(F)(F)F)c2)c2cc(C(F)(F)F)cc(C(F)(F)F)c2)cc(C(F)(F)F)c1.O=C(C=Cc1ccccc1)c1cc[n+](CC(=O)c2ccccc2)cc1. The summed E-state index contributed by atoms with van der Waals surface area (Å²) >= 11 is 0. The zero-order valence-corrected chi connectivity index (χ0v) is 40.3. The first kappa shape index (κ1) is 63.1. The summed E-state index contributed by atoms with van der Waals surface area (Å²) in [6, 6.07) is 13.5. The van der Waals surface area contributed by atoms with Gasteiger partial charge in [0.05, 0.1) is 44.5 Å². The maximum Gasteiger partial charge on any atom is 0.416 e. The molecule has 7 aromatic rings. The van der Waals surface area contributed by atoms with Crippen LogP contribution in [-0.4, -0.2) is 17.7 Å². The molecule has 0 unspecified atom stereocenters. The molecular formula is C54H30BF24NO2. The highest BCUT2D eigenvalue weighted by atomic mass is 19.4. The summed E-state index contributed by atoms with van der Waals surface area (Å²) in [5.41, 5.74) is -27.9. The summed E-state index contributed by atoms with van der Waals surface area (Å²) in [5, 5.41) is 0. The minimum atomic E-state index is -6.13. The Hall–Kier alpha value is -8.07. The Morgan fingerprint density at radius 1 is 0.341 bits per heavy atom. The third-order valence-corrected chi connectivity index (χ3v) is 12.3. The van der Waals surface area contributed by atoms with Crippen molar-refractivity contribution in [3.05, 3.63) is 225 Å². The molecule has 3 nitrogen and oxygen atoms in total. The molecule has 82 heavy (non-hydrogen) atoms. The first-order valence-corrected chi connectivity index (χ1v) is 22.7. The molecule has 6 aromatic carbocycles. The number of rotatable bonds is 10. The fourth-order valence-corrected chi connectivity index (χ4v) is 8.51. The van der Waals surface area contributed by atoms with E-state index in [1.165, 1.54) is 0 Å². The Kier molecular flexibility index (Phi) is 17.5. The maximum absolute atomic E-state index is 14.2. The number of benzene rings is 6. The number of hydrogen-bond donors (Lipinski definition) is 0. The summed E-state index contributed by atoms with van der Waals surface area (Å²) in [6.07, 6.45) is -47.9. The molecule has 0 spiro atoms. The van der Waals surface area contributed by atoms with E-state index in [1.807, 2.05) is 48.5 Å². The summed E-state index contributed by atoms with van der Waals surface area (Å²) in [4.78, 5) is 24.4. The van der Waals surface area contributed by atoms with Crippen LogP contribution >= 0.6 is 0 Å². The number of halogens is 24. The van der Waals surface area contributed by atoms with Gasteiger partial charge in [0.1, 0.15) is 6.15 Å².